The second-order valence-electron chi connectivity index (χ2n) is 7.51. The molecule has 2 aliphatic rings. The minimum Gasteiger partial charge on any atom is -0.288 e. The Labute approximate surface area is 134 Å². The summed E-state index contributed by atoms with van der Waals surface area (Å²) in [5.41, 5.74) is 0. The third kappa shape index (κ3) is 5.88. The predicted octanol–water partition coefficient (Wildman–Crippen LogP) is 3.43. The highest BCUT2D eigenvalue weighted by Crippen LogP contribution is 2.25. The molecule has 2 saturated heterocycles. The van der Waals surface area contributed by atoms with Crippen molar-refractivity contribution in [2.24, 2.45) is 5.92 Å². The number of nitrogens with zero attached hydrogens (tertiary/aromatic N) is 2. The molecule has 1 atom stereocenters. The van der Waals surface area contributed by atoms with Crippen LogP contribution in [-0.2, 0) is 0 Å². The van der Waals surface area contributed by atoms with Gasteiger partial charge in [-0.15, -0.1) is 6.58 Å². The molecule has 0 N–H and O–H groups in total. The minimum absolute atomic E-state index is 0.0326. The van der Waals surface area contributed by atoms with Crippen LogP contribution >= 0.6 is 0 Å². The molecule has 0 aliphatic carbocycles. The highest BCUT2D eigenvalue weighted by atomic mass is 28.2. The van der Waals surface area contributed by atoms with E-state index < -0.39 is 0 Å². The van der Waals surface area contributed by atoms with Crippen LogP contribution in [0.1, 0.15) is 58.8 Å². The molecule has 1 unspecified atom stereocenters. The lowest BCUT2D eigenvalue weighted by Crippen LogP contribution is -2.52. The number of piperidine rings is 2. The molecule has 2 rings (SSSR count). The summed E-state index contributed by atoms with van der Waals surface area (Å²) in [5, 5.41) is 1.48. The van der Waals surface area contributed by atoms with Crippen molar-refractivity contribution in [3.8, 4) is 0 Å². The van der Waals surface area contributed by atoms with Crippen molar-refractivity contribution in [2.45, 2.75) is 71.0 Å². The van der Waals surface area contributed by atoms with Crippen LogP contribution in [0.5, 0.6) is 0 Å². The number of rotatable bonds is 7. The second kappa shape index (κ2) is 9.11. The van der Waals surface area contributed by atoms with E-state index in [-0.39, 0.29) is 9.52 Å². The lowest BCUT2D eigenvalue weighted by Gasteiger charge is -2.44. The molecule has 3 heteroatoms. The van der Waals surface area contributed by atoms with Crippen LogP contribution in [0.3, 0.4) is 0 Å². The summed E-state index contributed by atoms with van der Waals surface area (Å²) in [6.07, 6.45) is 10.7. The smallest absolute Gasteiger partial charge is 0.0624 e. The molecule has 122 valence electrons. The largest absolute Gasteiger partial charge is 0.288 e. The molecule has 0 bridgehead atoms. The molecule has 0 amide bonds. The highest BCUT2D eigenvalue weighted by molar-refractivity contribution is 6.44. The molecule has 0 aromatic rings. The fourth-order valence-electron chi connectivity index (χ4n) is 3.93. The molecule has 2 heterocycles. The second-order valence-corrected chi connectivity index (χ2v) is 9.79. The Morgan fingerprint density at radius 3 is 1.86 bits per heavy atom. The zero-order valence-electron chi connectivity index (χ0n) is 14.4. The summed E-state index contributed by atoms with van der Waals surface area (Å²) in [6.45, 7) is 14.2. The van der Waals surface area contributed by atoms with E-state index in [4.69, 9.17) is 0 Å². The number of likely N-dealkylation sites (tertiary alicyclic amines) is 2. The third-order valence-electron chi connectivity index (χ3n) is 5.30. The zero-order chi connectivity index (χ0) is 15.1. The Bertz CT molecular complexity index is 288. The Morgan fingerprint density at radius 1 is 0.952 bits per heavy atom. The lowest BCUT2D eigenvalue weighted by atomic mass is 10.0. The van der Waals surface area contributed by atoms with Gasteiger partial charge in [0.15, 0.2) is 0 Å². The van der Waals surface area contributed by atoms with Gasteiger partial charge in [0.2, 0.25) is 0 Å². The lowest BCUT2D eigenvalue weighted by molar-refractivity contribution is 0.00472. The minimum atomic E-state index is -0.0326. The van der Waals surface area contributed by atoms with Crippen molar-refractivity contribution in [3.05, 3.63) is 11.8 Å². The number of allylic oxidation sites excluding steroid dienone is 1. The highest BCUT2D eigenvalue weighted by Gasteiger charge is 2.28. The van der Waals surface area contributed by atoms with E-state index in [0.29, 0.717) is 0 Å². The van der Waals surface area contributed by atoms with Gasteiger partial charge in [0.05, 0.1) is 6.17 Å². The van der Waals surface area contributed by atoms with Gasteiger partial charge in [-0.25, -0.2) is 0 Å². The summed E-state index contributed by atoms with van der Waals surface area (Å²) in [5.74, 6) is 0.877. The van der Waals surface area contributed by atoms with Gasteiger partial charge in [-0.2, -0.15) is 0 Å². The van der Waals surface area contributed by atoms with E-state index in [1.165, 1.54) is 82.4 Å². The van der Waals surface area contributed by atoms with E-state index in [0.717, 1.165) is 12.1 Å². The predicted molar refractivity (Wildman–Crippen MR) is 96.6 cm³/mol. The molecule has 21 heavy (non-hydrogen) atoms. The van der Waals surface area contributed by atoms with Crippen molar-refractivity contribution < 1.29 is 0 Å². The normalized spacial score (nSPS) is 24.0. The summed E-state index contributed by atoms with van der Waals surface area (Å²) < 4.78 is 0. The quantitative estimate of drug-likeness (QED) is 0.665. The first kappa shape index (κ1) is 17.2. The molecule has 0 aromatic heterocycles. The standard InChI is InChI=1S/C18H36N2Si/c1-16(2)21-15-17(3)14-18(19-10-6-4-7-11-19)20-12-8-5-9-13-20/h17-18H,1,4-15,21H2,2-3H3. The van der Waals surface area contributed by atoms with Gasteiger partial charge in [-0.3, -0.25) is 9.80 Å². The van der Waals surface area contributed by atoms with Gasteiger partial charge < -0.3 is 0 Å². The molecular weight excluding hydrogens is 272 g/mol. The van der Waals surface area contributed by atoms with Crippen LogP contribution in [0.15, 0.2) is 11.8 Å². The summed E-state index contributed by atoms with van der Waals surface area (Å²) in [7, 11) is -0.0326. The maximum Gasteiger partial charge on any atom is 0.0624 e. The van der Waals surface area contributed by atoms with Crippen molar-refractivity contribution in [2.75, 3.05) is 26.2 Å². The van der Waals surface area contributed by atoms with Crippen molar-refractivity contribution in [3.63, 3.8) is 0 Å². The fraction of sp³-hybridized carbons (Fsp3) is 0.889. The van der Waals surface area contributed by atoms with Crippen molar-refractivity contribution in [1.29, 1.82) is 0 Å². The summed E-state index contributed by atoms with van der Waals surface area (Å²) in [6, 6.07) is 1.45. The molecule has 2 aliphatic heterocycles. The Kier molecular flexibility index (Phi) is 7.48. The van der Waals surface area contributed by atoms with E-state index in [1.54, 1.807) is 0 Å². The van der Waals surface area contributed by atoms with E-state index >= 15 is 0 Å². The Morgan fingerprint density at radius 2 is 1.43 bits per heavy atom. The monoisotopic (exact) mass is 308 g/mol. The number of hydrogen-bond donors (Lipinski definition) is 0. The van der Waals surface area contributed by atoms with Crippen LogP contribution in [-0.4, -0.2) is 51.7 Å². The molecule has 0 spiro atoms. The van der Waals surface area contributed by atoms with Crippen molar-refractivity contribution in [1.82, 2.24) is 9.80 Å². The van der Waals surface area contributed by atoms with Crippen LogP contribution in [0.4, 0.5) is 0 Å². The van der Waals surface area contributed by atoms with Gasteiger partial charge in [0.25, 0.3) is 0 Å². The van der Waals surface area contributed by atoms with Crippen LogP contribution in [0.25, 0.3) is 0 Å². The van der Waals surface area contributed by atoms with Gasteiger partial charge >= 0.3 is 0 Å². The zero-order valence-corrected chi connectivity index (χ0v) is 15.9. The van der Waals surface area contributed by atoms with E-state index in [9.17, 15) is 0 Å². The first-order valence-electron chi connectivity index (χ1n) is 9.29. The molecular formula is C18H36N2Si. The average Bonchev–Trinajstić information content (AvgIpc) is 2.52. The topological polar surface area (TPSA) is 6.48 Å². The average molecular weight is 309 g/mol. The molecule has 0 aromatic carbocycles. The summed E-state index contributed by atoms with van der Waals surface area (Å²) in [4.78, 5) is 5.63. The first-order valence-corrected chi connectivity index (χ1v) is 11.0. The van der Waals surface area contributed by atoms with Gasteiger partial charge in [0, 0.05) is 9.52 Å². The Hall–Kier alpha value is -0.123. The first-order chi connectivity index (χ1) is 10.2. The van der Waals surface area contributed by atoms with Crippen molar-refractivity contribution >= 4 is 9.52 Å². The van der Waals surface area contributed by atoms with Gasteiger partial charge in [-0.05, 0) is 71.1 Å². The van der Waals surface area contributed by atoms with Crippen LogP contribution < -0.4 is 0 Å². The summed E-state index contributed by atoms with van der Waals surface area (Å²) >= 11 is 0. The number of hydrogen-bond acceptors (Lipinski definition) is 2. The van der Waals surface area contributed by atoms with E-state index in [2.05, 4.69) is 30.2 Å². The SMILES string of the molecule is C=C(C)[SiH2]CC(C)CC(N1CCCCC1)N1CCCCC1. The van der Waals surface area contributed by atoms with Crippen LogP contribution in [0.2, 0.25) is 6.04 Å². The fourth-order valence-corrected chi connectivity index (χ4v) is 5.15. The molecule has 0 saturated carbocycles. The van der Waals surface area contributed by atoms with Crippen LogP contribution in [0, 0.1) is 5.92 Å². The van der Waals surface area contributed by atoms with Gasteiger partial charge in [-0.1, -0.05) is 31.0 Å². The molecule has 2 nitrogen and oxygen atoms in total. The van der Waals surface area contributed by atoms with E-state index in [1.807, 2.05) is 0 Å². The van der Waals surface area contributed by atoms with Gasteiger partial charge in [0.1, 0.15) is 0 Å². The third-order valence-corrected chi connectivity index (χ3v) is 7.43. The molecule has 0 radical (unpaired) electrons. The Balaban J connectivity index is 1.91. The maximum atomic E-state index is 4.13. The maximum absolute atomic E-state index is 4.13. The molecule has 2 fully saturated rings.